The Bertz CT molecular complexity index is 1200. The quantitative estimate of drug-likeness (QED) is 0.463. The molecule has 1 aliphatic carbocycles. The molecule has 34 heavy (non-hydrogen) atoms. The maximum absolute atomic E-state index is 13.0. The number of hydrogen-bond donors (Lipinski definition) is 1. The van der Waals surface area contributed by atoms with Crippen molar-refractivity contribution in [3.63, 3.8) is 0 Å². The molecule has 0 spiro atoms. The summed E-state index contributed by atoms with van der Waals surface area (Å²) in [6, 6.07) is 18.7. The number of Topliss-reactive ketones (excluding diaryl/α,β-unsaturated/α-hetero) is 1. The molecule has 6 heteroatoms. The monoisotopic (exact) mass is 459 g/mol. The largest absolute Gasteiger partial charge is 0.496 e. The summed E-state index contributed by atoms with van der Waals surface area (Å²) < 4.78 is 16.9. The predicted octanol–water partition coefficient (Wildman–Crippen LogP) is 5.29. The Balaban J connectivity index is 1.47. The van der Waals surface area contributed by atoms with E-state index >= 15 is 0 Å². The van der Waals surface area contributed by atoms with Crippen LogP contribution < -0.4 is 19.5 Å². The van der Waals surface area contributed by atoms with Crippen LogP contribution in [-0.2, 0) is 13.0 Å². The first-order chi connectivity index (χ1) is 16.5. The van der Waals surface area contributed by atoms with Gasteiger partial charge in [-0.15, -0.1) is 0 Å². The zero-order valence-corrected chi connectivity index (χ0v) is 19.7. The number of aryl methyl sites for hydroxylation is 1. The van der Waals surface area contributed by atoms with Gasteiger partial charge in [0.05, 0.1) is 20.3 Å². The molecule has 6 nitrogen and oxygen atoms in total. The van der Waals surface area contributed by atoms with Gasteiger partial charge in [-0.2, -0.15) is 0 Å². The summed E-state index contributed by atoms with van der Waals surface area (Å²) in [6.07, 6.45) is 3.02. The van der Waals surface area contributed by atoms with Crippen molar-refractivity contribution in [3.05, 3.63) is 88.5 Å². The first kappa shape index (κ1) is 23.4. The minimum atomic E-state index is -0.145. The second kappa shape index (κ2) is 10.4. The molecule has 0 radical (unpaired) electrons. The van der Waals surface area contributed by atoms with Gasteiger partial charge in [0.2, 0.25) is 0 Å². The summed E-state index contributed by atoms with van der Waals surface area (Å²) in [5.74, 6) is 1.39. The van der Waals surface area contributed by atoms with Gasteiger partial charge in [0.15, 0.2) is 17.3 Å². The molecule has 176 valence electrons. The summed E-state index contributed by atoms with van der Waals surface area (Å²) in [4.78, 5) is 24.6. The van der Waals surface area contributed by atoms with E-state index in [0.717, 1.165) is 24.8 Å². The van der Waals surface area contributed by atoms with Crippen LogP contribution in [0.25, 0.3) is 0 Å². The number of fused-ring (bicyclic) bond motifs is 1. The van der Waals surface area contributed by atoms with Crippen molar-refractivity contribution in [2.45, 2.75) is 38.8 Å². The van der Waals surface area contributed by atoms with Gasteiger partial charge in [0.25, 0.3) is 5.91 Å². The number of rotatable bonds is 8. The van der Waals surface area contributed by atoms with E-state index in [1.54, 1.807) is 44.6 Å². The normalized spacial score (nSPS) is 14.6. The Labute approximate surface area is 199 Å². The molecule has 0 saturated heterocycles. The average Bonchev–Trinajstić information content (AvgIpc) is 2.87. The topological polar surface area (TPSA) is 73.9 Å². The Morgan fingerprint density at radius 1 is 0.912 bits per heavy atom. The molecule has 1 amide bonds. The molecule has 1 N–H and O–H groups in total. The molecule has 0 bridgehead atoms. The number of ketones is 1. The van der Waals surface area contributed by atoms with Crippen molar-refractivity contribution < 1.29 is 23.8 Å². The third-order valence-corrected chi connectivity index (χ3v) is 6.18. The summed E-state index contributed by atoms with van der Waals surface area (Å²) in [5.41, 5.74) is 4.38. The molecule has 0 saturated carbocycles. The third-order valence-electron chi connectivity index (χ3n) is 6.18. The molecule has 3 aromatic carbocycles. The third kappa shape index (κ3) is 5.06. The number of amides is 1. The fraction of sp³-hybridized carbons (Fsp3) is 0.286. The number of methoxy groups -OCH3 is 2. The highest BCUT2D eigenvalue weighted by atomic mass is 16.5. The van der Waals surface area contributed by atoms with Gasteiger partial charge in [-0.25, -0.2) is 0 Å². The second-order valence-electron chi connectivity index (χ2n) is 8.35. The molecule has 0 aliphatic heterocycles. The molecule has 0 unspecified atom stereocenters. The first-order valence-electron chi connectivity index (χ1n) is 11.4. The highest BCUT2D eigenvalue weighted by molar-refractivity contribution is 5.95. The van der Waals surface area contributed by atoms with Crippen molar-refractivity contribution in [1.82, 2.24) is 5.32 Å². The molecule has 1 aliphatic rings. The maximum atomic E-state index is 13.0. The van der Waals surface area contributed by atoms with Gasteiger partial charge in [0.1, 0.15) is 12.4 Å². The van der Waals surface area contributed by atoms with Crippen LogP contribution in [0.3, 0.4) is 0 Å². The Morgan fingerprint density at radius 2 is 1.65 bits per heavy atom. The SMILES string of the molecule is COc1cc(C(C)=O)ccc1COc1ccc(C(=O)N[C@H]2CCCc3ccccc32)cc1OC. The molecular weight excluding hydrogens is 430 g/mol. The van der Waals surface area contributed by atoms with Crippen molar-refractivity contribution in [3.8, 4) is 17.2 Å². The lowest BCUT2D eigenvalue weighted by Gasteiger charge is -2.26. The smallest absolute Gasteiger partial charge is 0.251 e. The number of benzene rings is 3. The van der Waals surface area contributed by atoms with E-state index < -0.39 is 0 Å². The van der Waals surface area contributed by atoms with Crippen LogP contribution in [0.15, 0.2) is 60.7 Å². The van der Waals surface area contributed by atoms with Gasteiger partial charge in [-0.1, -0.05) is 36.4 Å². The number of carbonyl (C=O) groups excluding carboxylic acids is 2. The summed E-state index contributed by atoms with van der Waals surface area (Å²) >= 11 is 0. The van der Waals surface area contributed by atoms with E-state index in [1.807, 2.05) is 18.2 Å². The number of hydrogen-bond acceptors (Lipinski definition) is 5. The lowest BCUT2D eigenvalue weighted by atomic mass is 9.87. The van der Waals surface area contributed by atoms with Crippen LogP contribution in [0.5, 0.6) is 17.2 Å². The highest BCUT2D eigenvalue weighted by Crippen LogP contribution is 2.32. The van der Waals surface area contributed by atoms with Crippen molar-refractivity contribution in [1.29, 1.82) is 0 Å². The van der Waals surface area contributed by atoms with Gasteiger partial charge in [0, 0.05) is 16.7 Å². The zero-order chi connectivity index (χ0) is 24.1. The van der Waals surface area contributed by atoms with Crippen LogP contribution in [-0.4, -0.2) is 25.9 Å². The highest BCUT2D eigenvalue weighted by Gasteiger charge is 2.22. The lowest BCUT2D eigenvalue weighted by Crippen LogP contribution is -2.31. The standard InChI is InChI=1S/C28H29NO5/c1-18(30)20-11-12-22(26(15-20)32-2)17-34-25-14-13-21(16-27(25)33-3)28(31)29-24-10-6-8-19-7-4-5-9-23(19)24/h4-5,7,9,11-16,24H,6,8,10,17H2,1-3H3,(H,29,31)/t24-/m0/s1. The van der Waals surface area contributed by atoms with E-state index in [-0.39, 0.29) is 24.3 Å². The van der Waals surface area contributed by atoms with Crippen LogP contribution >= 0.6 is 0 Å². The van der Waals surface area contributed by atoms with Gasteiger partial charge < -0.3 is 19.5 Å². The summed E-state index contributed by atoms with van der Waals surface area (Å²) in [5, 5.41) is 3.17. The minimum absolute atomic E-state index is 0.00445. The van der Waals surface area contributed by atoms with Crippen molar-refractivity contribution in [2.24, 2.45) is 0 Å². The number of nitrogens with one attached hydrogen (secondary N) is 1. The second-order valence-corrected chi connectivity index (χ2v) is 8.35. The summed E-state index contributed by atoms with van der Waals surface area (Å²) in [6.45, 7) is 1.74. The van der Waals surface area contributed by atoms with E-state index in [1.165, 1.54) is 18.1 Å². The lowest BCUT2D eigenvalue weighted by molar-refractivity contribution is 0.0931. The van der Waals surface area contributed by atoms with Crippen molar-refractivity contribution >= 4 is 11.7 Å². The van der Waals surface area contributed by atoms with Crippen LogP contribution in [0, 0.1) is 0 Å². The first-order valence-corrected chi connectivity index (χ1v) is 11.4. The van der Waals surface area contributed by atoms with E-state index in [0.29, 0.717) is 28.4 Å². The fourth-order valence-electron chi connectivity index (χ4n) is 4.31. The van der Waals surface area contributed by atoms with Crippen molar-refractivity contribution in [2.75, 3.05) is 14.2 Å². The van der Waals surface area contributed by atoms with Crippen LogP contribution in [0.1, 0.15) is 63.2 Å². The Morgan fingerprint density at radius 3 is 2.41 bits per heavy atom. The van der Waals surface area contributed by atoms with E-state index in [9.17, 15) is 9.59 Å². The molecular formula is C28H29NO5. The van der Waals surface area contributed by atoms with E-state index in [4.69, 9.17) is 14.2 Å². The molecule has 4 rings (SSSR count). The van der Waals surface area contributed by atoms with Crippen LogP contribution in [0.2, 0.25) is 0 Å². The Kier molecular flexibility index (Phi) is 7.16. The zero-order valence-electron chi connectivity index (χ0n) is 19.7. The van der Waals surface area contributed by atoms with Gasteiger partial charge >= 0.3 is 0 Å². The van der Waals surface area contributed by atoms with Crippen LogP contribution in [0.4, 0.5) is 0 Å². The molecule has 3 aromatic rings. The molecule has 1 atom stereocenters. The average molecular weight is 460 g/mol. The maximum Gasteiger partial charge on any atom is 0.251 e. The predicted molar refractivity (Wildman–Crippen MR) is 130 cm³/mol. The fourth-order valence-corrected chi connectivity index (χ4v) is 4.31. The van der Waals surface area contributed by atoms with E-state index in [2.05, 4.69) is 17.4 Å². The number of carbonyl (C=O) groups is 2. The minimum Gasteiger partial charge on any atom is -0.496 e. The van der Waals surface area contributed by atoms with Gasteiger partial charge in [-0.3, -0.25) is 9.59 Å². The molecule has 0 heterocycles. The molecule has 0 fully saturated rings. The summed E-state index contributed by atoms with van der Waals surface area (Å²) in [7, 11) is 3.10. The number of ether oxygens (including phenoxy) is 3. The Hall–Kier alpha value is -3.80. The molecule has 0 aromatic heterocycles. The van der Waals surface area contributed by atoms with Gasteiger partial charge in [-0.05, 0) is 61.6 Å².